The first-order chi connectivity index (χ1) is 11.0. The summed E-state index contributed by atoms with van der Waals surface area (Å²) in [5.74, 6) is 1.03. The summed E-state index contributed by atoms with van der Waals surface area (Å²) in [7, 11) is 0. The number of phenols is 1. The van der Waals surface area contributed by atoms with E-state index in [1.165, 1.54) is 5.56 Å². The van der Waals surface area contributed by atoms with E-state index in [1.54, 1.807) is 13.0 Å². The monoisotopic (exact) mass is 315 g/mol. The van der Waals surface area contributed by atoms with Crippen LogP contribution in [0.5, 0.6) is 11.5 Å². The molecule has 2 atom stereocenters. The molecule has 0 radical (unpaired) electrons. The average molecular weight is 315 g/mol. The maximum Gasteiger partial charge on any atom is 0.194 e. The summed E-state index contributed by atoms with van der Waals surface area (Å²) in [6, 6.07) is 15.5. The van der Waals surface area contributed by atoms with Crippen LogP contribution in [0.4, 0.5) is 0 Å². The molecule has 124 valence electrons. The van der Waals surface area contributed by atoms with Crippen LogP contribution in [0.25, 0.3) is 0 Å². The van der Waals surface area contributed by atoms with Crippen LogP contribution in [0.15, 0.2) is 48.5 Å². The zero-order valence-electron chi connectivity index (χ0n) is 13.7. The Labute approximate surface area is 137 Å². The van der Waals surface area contributed by atoms with Crippen LogP contribution in [-0.2, 0) is 12.8 Å². The van der Waals surface area contributed by atoms with Crippen molar-refractivity contribution in [3.63, 3.8) is 0 Å². The molecule has 0 aliphatic rings. The summed E-state index contributed by atoms with van der Waals surface area (Å²) in [6.45, 7) is 4.55. The Kier molecular flexibility index (Phi) is 6.44. The van der Waals surface area contributed by atoms with Crippen molar-refractivity contribution in [1.82, 2.24) is 5.32 Å². The molecule has 23 heavy (non-hydrogen) atoms. The molecule has 0 spiro atoms. The number of phenolic OH excluding ortho intramolecular Hbond substituents is 1. The molecule has 1 unspecified atom stereocenters. The molecule has 2 aromatic rings. The first-order valence-corrected chi connectivity index (χ1v) is 7.98. The van der Waals surface area contributed by atoms with Crippen LogP contribution in [-0.4, -0.2) is 29.1 Å². The first kappa shape index (κ1) is 17.3. The van der Waals surface area contributed by atoms with Crippen LogP contribution in [0.1, 0.15) is 25.0 Å². The number of hydrogen-bond donors (Lipinski definition) is 3. The predicted molar refractivity (Wildman–Crippen MR) is 91.7 cm³/mol. The molecule has 0 aromatic heterocycles. The van der Waals surface area contributed by atoms with Gasteiger partial charge >= 0.3 is 0 Å². The number of hydrogen-bond acceptors (Lipinski definition) is 4. The van der Waals surface area contributed by atoms with Crippen molar-refractivity contribution in [3.05, 3.63) is 59.7 Å². The lowest BCUT2D eigenvalue weighted by Gasteiger charge is -2.15. The highest BCUT2D eigenvalue weighted by Gasteiger charge is 2.05. The lowest BCUT2D eigenvalue weighted by molar-refractivity contribution is -0.000306. The third kappa shape index (κ3) is 5.93. The van der Waals surface area contributed by atoms with Gasteiger partial charge in [0.25, 0.3) is 0 Å². The third-order valence-corrected chi connectivity index (χ3v) is 3.65. The van der Waals surface area contributed by atoms with E-state index >= 15 is 0 Å². The lowest BCUT2D eigenvalue weighted by atomic mass is 10.1. The van der Waals surface area contributed by atoms with Crippen LogP contribution >= 0.6 is 0 Å². The molecule has 0 amide bonds. The number of para-hydroxylation sites is 1. The van der Waals surface area contributed by atoms with E-state index in [-0.39, 0.29) is 0 Å². The van der Waals surface area contributed by atoms with E-state index in [0.29, 0.717) is 17.5 Å². The largest absolute Gasteiger partial charge is 0.508 e. The summed E-state index contributed by atoms with van der Waals surface area (Å²) < 4.78 is 5.22. The summed E-state index contributed by atoms with van der Waals surface area (Å²) in [4.78, 5) is 0. The summed E-state index contributed by atoms with van der Waals surface area (Å²) in [5, 5.41) is 22.4. The zero-order valence-corrected chi connectivity index (χ0v) is 13.7. The Balaban J connectivity index is 1.76. The number of aliphatic hydroxyl groups is 1. The van der Waals surface area contributed by atoms with Gasteiger partial charge in [0, 0.05) is 6.04 Å². The molecule has 0 fully saturated rings. The standard InChI is InChI=1S/C19H25NO3/c1-14(20-12-11-17-5-3-4-6-19(17)22)13-16-7-9-18(10-8-16)23-15(2)21/h3-10,14-15,20-22H,11-13H2,1-2H3/t14-,15?/m1/s1. The van der Waals surface area contributed by atoms with Gasteiger partial charge in [-0.3, -0.25) is 0 Å². The van der Waals surface area contributed by atoms with Crippen LogP contribution in [0.3, 0.4) is 0 Å². The van der Waals surface area contributed by atoms with E-state index in [0.717, 1.165) is 24.9 Å². The molecular formula is C19H25NO3. The molecule has 2 rings (SSSR count). The second kappa shape index (κ2) is 8.56. The van der Waals surface area contributed by atoms with Gasteiger partial charge < -0.3 is 20.3 Å². The Morgan fingerprint density at radius 2 is 1.74 bits per heavy atom. The smallest absolute Gasteiger partial charge is 0.194 e. The maximum absolute atomic E-state index is 9.74. The molecule has 0 aliphatic heterocycles. The molecule has 0 saturated carbocycles. The minimum Gasteiger partial charge on any atom is -0.508 e. The van der Waals surface area contributed by atoms with Crippen molar-refractivity contribution in [2.75, 3.05) is 6.54 Å². The van der Waals surface area contributed by atoms with Gasteiger partial charge in [-0.05, 0) is 62.6 Å². The van der Waals surface area contributed by atoms with E-state index in [9.17, 15) is 10.2 Å². The topological polar surface area (TPSA) is 61.7 Å². The van der Waals surface area contributed by atoms with E-state index < -0.39 is 6.29 Å². The molecular weight excluding hydrogens is 290 g/mol. The Morgan fingerprint density at radius 3 is 2.39 bits per heavy atom. The minimum atomic E-state index is -0.796. The highest BCUT2D eigenvalue weighted by Crippen LogP contribution is 2.16. The van der Waals surface area contributed by atoms with E-state index in [4.69, 9.17) is 4.74 Å². The van der Waals surface area contributed by atoms with E-state index in [2.05, 4.69) is 12.2 Å². The summed E-state index contributed by atoms with van der Waals surface area (Å²) >= 11 is 0. The average Bonchev–Trinajstić information content (AvgIpc) is 2.51. The fraction of sp³-hybridized carbons (Fsp3) is 0.368. The van der Waals surface area contributed by atoms with Gasteiger partial charge in [0.05, 0.1) is 0 Å². The van der Waals surface area contributed by atoms with Crippen molar-refractivity contribution in [2.24, 2.45) is 0 Å². The molecule has 0 bridgehead atoms. The number of aliphatic hydroxyl groups excluding tert-OH is 1. The van der Waals surface area contributed by atoms with Crippen LogP contribution < -0.4 is 10.1 Å². The molecule has 4 heteroatoms. The quantitative estimate of drug-likeness (QED) is 0.656. The predicted octanol–water partition coefficient (Wildman–Crippen LogP) is 2.87. The van der Waals surface area contributed by atoms with Gasteiger partial charge in [-0.2, -0.15) is 0 Å². The van der Waals surface area contributed by atoms with Gasteiger partial charge in [-0.15, -0.1) is 0 Å². The molecule has 3 N–H and O–H groups in total. The molecule has 2 aromatic carbocycles. The Morgan fingerprint density at radius 1 is 1.04 bits per heavy atom. The molecule has 4 nitrogen and oxygen atoms in total. The number of benzene rings is 2. The van der Waals surface area contributed by atoms with Crippen LogP contribution in [0, 0.1) is 0 Å². The van der Waals surface area contributed by atoms with E-state index in [1.807, 2.05) is 42.5 Å². The Bertz CT molecular complexity index is 596. The number of aromatic hydroxyl groups is 1. The number of nitrogens with one attached hydrogen (secondary N) is 1. The fourth-order valence-corrected chi connectivity index (χ4v) is 2.50. The third-order valence-electron chi connectivity index (χ3n) is 3.65. The number of rotatable bonds is 8. The lowest BCUT2D eigenvalue weighted by Crippen LogP contribution is -2.30. The second-order valence-electron chi connectivity index (χ2n) is 5.80. The highest BCUT2D eigenvalue weighted by molar-refractivity contribution is 5.32. The highest BCUT2D eigenvalue weighted by atomic mass is 16.6. The molecule has 0 saturated heterocycles. The van der Waals surface area contributed by atoms with Crippen molar-refractivity contribution in [2.45, 2.75) is 39.0 Å². The number of ether oxygens (including phenoxy) is 1. The summed E-state index contributed by atoms with van der Waals surface area (Å²) in [6.07, 6.45) is 0.921. The minimum absolute atomic E-state index is 0.337. The van der Waals surface area contributed by atoms with Gasteiger partial charge in [0.2, 0.25) is 0 Å². The van der Waals surface area contributed by atoms with Crippen LogP contribution in [0.2, 0.25) is 0 Å². The van der Waals surface area contributed by atoms with Gasteiger partial charge in [-0.1, -0.05) is 30.3 Å². The van der Waals surface area contributed by atoms with Crippen molar-refractivity contribution in [1.29, 1.82) is 0 Å². The summed E-state index contributed by atoms with van der Waals surface area (Å²) in [5.41, 5.74) is 2.18. The second-order valence-corrected chi connectivity index (χ2v) is 5.80. The normalized spacial score (nSPS) is 13.5. The van der Waals surface area contributed by atoms with Crippen molar-refractivity contribution < 1.29 is 14.9 Å². The SMILES string of the molecule is CC(O)Oc1ccc(C[C@@H](C)NCCc2ccccc2O)cc1. The Hall–Kier alpha value is -2.04. The van der Waals surface area contributed by atoms with Crippen molar-refractivity contribution in [3.8, 4) is 11.5 Å². The fourth-order valence-electron chi connectivity index (χ4n) is 2.50. The first-order valence-electron chi connectivity index (χ1n) is 7.98. The molecule has 0 heterocycles. The van der Waals surface area contributed by atoms with Crippen molar-refractivity contribution >= 4 is 0 Å². The zero-order chi connectivity index (χ0) is 16.7. The van der Waals surface area contributed by atoms with Gasteiger partial charge in [0.1, 0.15) is 11.5 Å². The van der Waals surface area contributed by atoms with Gasteiger partial charge in [-0.25, -0.2) is 0 Å². The van der Waals surface area contributed by atoms with Gasteiger partial charge in [0.15, 0.2) is 6.29 Å². The molecule has 0 aliphatic carbocycles. The maximum atomic E-state index is 9.74.